The van der Waals surface area contributed by atoms with Gasteiger partial charge in [0.25, 0.3) is 0 Å². The third kappa shape index (κ3) is 2.69. The molecule has 0 radical (unpaired) electrons. The summed E-state index contributed by atoms with van der Waals surface area (Å²) in [6, 6.07) is 4.95. The van der Waals surface area contributed by atoms with Crippen LogP contribution >= 0.6 is 15.9 Å². The fraction of sp³-hybridized carbons (Fsp3) is 0.385. The quantitative estimate of drug-likeness (QED) is 0.922. The van der Waals surface area contributed by atoms with E-state index in [-0.39, 0.29) is 11.9 Å². The summed E-state index contributed by atoms with van der Waals surface area (Å²) >= 11 is 3.29. The van der Waals surface area contributed by atoms with E-state index in [1.54, 1.807) is 6.07 Å². The van der Waals surface area contributed by atoms with Gasteiger partial charge in [-0.2, -0.15) is 0 Å². The second-order valence-electron chi connectivity index (χ2n) is 3.96. The fourth-order valence-corrected chi connectivity index (χ4v) is 2.47. The van der Waals surface area contributed by atoms with Crippen LogP contribution in [0, 0.1) is 5.82 Å². The SMILES string of the molecule is CNC(C1=CCCCO1)c1cccc(F)c1Br. The summed E-state index contributed by atoms with van der Waals surface area (Å²) in [4.78, 5) is 0. The summed E-state index contributed by atoms with van der Waals surface area (Å²) in [7, 11) is 1.85. The van der Waals surface area contributed by atoms with E-state index in [4.69, 9.17) is 4.74 Å². The molecule has 0 spiro atoms. The number of halogens is 2. The topological polar surface area (TPSA) is 21.3 Å². The molecule has 2 rings (SSSR count). The molecule has 1 atom stereocenters. The molecule has 0 fully saturated rings. The monoisotopic (exact) mass is 299 g/mol. The van der Waals surface area contributed by atoms with E-state index in [2.05, 4.69) is 27.3 Å². The predicted molar refractivity (Wildman–Crippen MR) is 69.2 cm³/mol. The van der Waals surface area contributed by atoms with Crippen LogP contribution in [0.25, 0.3) is 0 Å². The lowest BCUT2D eigenvalue weighted by molar-refractivity contribution is 0.169. The average molecular weight is 300 g/mol. The van der Waals surface area contributed by atoms with Gasteiger partial charge < -0.3 is 10.1 Å². The zero-order valence-electron chi connectivity index (χ0n) is 9.67. The van der Waals surface area contributed by atoms with Crippen LogP contribution in [-0.4, -0.2) is 13.7 Å². The van der Waals surface area contributed by atoms with Gasteiger partial charge in [0.15, 0.2) is 0 Å². The van der Waals surface area contributed by atoms with Crippen LogP contribution in [0.1, 0.15) is 24.4 Å². The van der Waals surface area contributed by atoms with Crippen molar-refractivity contribution in [1.29, 1.82) is 0 Å². The minimum Gasteiger partial charge on any atom is -0.496 e. The maximum atomic E-state index is 13.5. The minimum atomic E-state index is -0.251. The van der Waals surface area contributed by atoms with Crippen LogP contribution in [0.5, 0.6) is 0 Å². The molecule has 0 aliphatic carbocycles. The number of ether oxygens (including phenoxy) is 1. The summed E-state index contributed by atoms with van der Waals surface area (Å²) in [6.45, 7) is 0.733. The number of likely N-dealkylation sites (N-methyl/N-ethyl adjacent to an activating group) is 1. The molecule has 1 heterocycles. The maximum Gasteiger partial charge on any atom is 0.137 e. The second-order valence-corrected chi connectivity index (χ2v) is 4.75. The highest BCUT2D eigenvalue weighted by Crippen LogP contribution is 2.32. The molecule has 1 aliphatic rings. The molecule has 1 N–H and O–H groups in total. The van der Waals surface area contributed by atoms with Gasteiger partial charge in [-0.15, -0.1) is 0 Å². The number of nitrogens with one attached hydrogen (secondary N) is 1. The van der Waals surface area contributed by atoms with Gasteiger partial charge in [0.1, 0.15) is 11.6 Å². The van der Waals surface area contributed by atoms with Crippen LogP contribution in [0.3, 0.4) is 0 Å². The Bertz CT molecular complexity index is 433. The van der Waals surface area contributed by atoms with Crippen molar-refractivity contribution in [2.24, 2.45) is 0 Å². The first-order valence-electron chi connectivity index (χ1n) is 5.68. The van der Waals surface area contributed by atoms with Crippen LogP contribution in [-0.2, 0) is 4.74 Å². The van der Waals surface area contributed by atoms with Gasteiger partial charge in [0.05, 0.1) is 17.1 Å². The van der Waals surface area contributed by atoms with Crippen molar-refractivity contribution in [1.82, 2.24) is 5.32 Å². The first-order chi connectivity index (χ1) is 8.24. The predicted octanol–water partition coefficient (Wildman–Crippen LogP) is 3.54. The molecule has 0 amide bonds. The van der Waals surface area contributed by atoms with Crippen LogP contribution < -0.4 is 5.32 Å². The Labute approximate surface area is 109 Å². The lowest BCUT2D eigenvalue weighted by Gasteiger charge is -2.24. The molecule has 0 saturated heterocycles. The fourth-order valence-electron chi connectivity index (χ4n) is 1.97. The largest absolute Gasteiger partial charge is 0.496 e. The lowest BCUT2D eigenvalue weighted by Crippen LogP contribution is -2.22. The van der Waals surface area contributed by atoms with Crippen molar-refractivity contribution in [2.75, 3.05) is 13.7 Å². The van der Waals surface area contributed by atoms with Gasteiger partial charge in [0, 0.05) is 0 Å². The normalized spacial score (nSPS) is 17.2. The molecule has 17 heavy (non-hydrogen) atoms. The van der Waals surface area contributed by atoms with Gasteiger partial charge in [0.2, 0.25) is 0 Å². The number of hydrogen-bond acceptors (Lipinski definition) is 2. The van der Waals surface area contributed by atoms with Crippen molar-refractivity contribution in [2.45, 2.75) is 18.9 Å². The van der Waals surface area contributed by atoms with E-state index >= 15 is 0 Å². The van der Waals surface area contributed by atoms with E-state index < -0.39 is 0 Å². The van der Waals surface area contributed by atoms with E-state index in [1.165, 1.54) is 6.07 Å². The molecule has 4 heteroatoms. The van der Waals surface area contributed by atoms with Crippen LogP contribution in [0.4, 0.5) is 4.39 Å². The molecule has 0 aromatic heterocycles. The average Bonchev–Trinajstić information content (AvgIpc) is 2.37. The van der Waals surface area contributed by atoms with Gasteiger partial charge in [-0.3, -0.25) is 0 Å². The zero-order chi connectivity index (χ0) is 12.3. The third-order valence-electron chi connectivity index (χ3n) is 2.83. The summed E-state index contributed by atoms with van der Waals surface area (Å²) in [5.41, 5.74) is 0.862. The van der Waals surface area contributed by atoms with E-state index in [9.17, 15) is 4.39 Å². The van der Waals surface area contributed by atoms with Crippen molar-refractivity contribution < 1.29 is 9.13 Å². The first kappa shape index (κ1) is 12.6. The molecule has 0 saturated carbocycles. The summed E-state index contributed by atoms with van der Waals surface area (Å²) in [6.07, 6.45) is 4.13. The summed E-state index contributed by atoms with van der Waals surface area (Å²) in [5, 5.41) is 3.17. The van der Waals surface area contributed by atoms with Gasteiger partial charge in [-0.05, 0) is 53.5 Å². The molecular weight excluding hydrogens is 285 g/mol. The highest BCUT2D eigenvalue weighted by Gasteiger charge is 2.21. The second kappa shape index (κ2) is 5.65. The zero-order valence-corrected chi connectivity index (χ0v) is 11.3. The molecule has 1 unspecified atom stereocenters. The minimum absolute atomic E-state index is 0.0969. The van der Waals surface area contributed by atoms with Crippen molar-refractivity contribution in [3.8, 4) is 0 Å². The Kier molecular flexibility index (Phi) is 4.18. The summed E-state index contributed by atoms with van der Waals surface area (Å²) < 4.78 is 19.6. The Morgan fingerprint density at radius 1 is 1.47 bits per heavy atom. The number of allylic oxidation sites excluding steroid dienone is 1. The van der Waals surface area contributed by atoms with Crippen molar-refractivity contribution >= 4 is 15.9 Å². The summed E-state index contributed by atoms with van der Waals surface area (Å²) in [5.74, 6) is 0.629. The standard InChI is InChI=1S/C13H15BrFNO/c1-16-13(11-7-2-3-8-17-11)9-5-4-6-10(15)12(9)14/h4-7,13,16H,2-3,8H2,1H3. The maximum absolute atomic E-state index is 13.5. The number of rotatable bonds is 3. The molecule has 1 aromatic carbocycles. The molecule has 1 aromatic rings. The highest BCUT2D eigenvalue weighted by atomic mass is 79.9. The van der Waals surface area contributed by atoms with Crippen molar-refractivity contribution in [3.63, 3.8) is 0 Å². The molecule has 92 valence electrons. The van der Waals surface area contributed by atoms with E-state index in [1.807, 2.05) is 13.1 Å². The van der Waals surface area contributed by atoms with Gasteiger partial charge >= 0.3 is 0 Å². The van der Waals surface area contributed by atoms with E-state index in [0.717, 1.165) is 30.8 Å². The first-order valence-corrected chi connectivity index (χ1v) is 6.47. The third-order valence-corrected chi connectivity index (χ3v) is 3.66. The molecular formula is C13H15BrFNO. The Balaban J connectivity index is 2.34. The Hall–Kier alpha value is -0.870. The highest BCUT2D eigenvalue weighted by molar-refractivity contribution is 9.10. The molecule has 1 aliphatic heterocycles. The van der Waals surface area contributed by atoms with E-state index in [0.29, 0.717) is 4.47 Å². The number of benzene rings is 1. The molecule has 2 nitrogen and oxygen atoms in total. The van der Waals surface area contributed by atoms with Crippen LogP contribution in [0.15, 0.2) is 34.5 Å². The van der Waals surface area contributed by atoms with Gasteiger partial charge in [-0.1, -0.05) is 12.1 Å². The van der Waals surface area contributed by atoms with Crippen molar-refractivity contribution in [3.05, 3.63) is 45.9 Å². The Morgan fingerprint density at radius 2 is 2.29 bits per heavy atom. The van der Waals surface area contributed by atoms with Gasteiger partial charge in [-0.25, -0.2) is 4.39 Å². The smallest absolute Gasteiger partial charge is 0.137 e. The molecule has 0 bridgehead atoms. The lowest BCUT2D eigenvalue weighted by atomic mass is 10.0. The Morgan fingerprint density at radius 3 is 2.94 bits per heavy atom. The van der Waals surface area contributed by atoms with Crippen LogP contribution in [0.2, 0.25) is 0 Å². The number of hydrogen-bond donors (Lipinski definition) is 1.